The number of halogens is 4. The van der Waals surface area contributed by atoms with E-state index in [1.807, 2.05) is 0 Å². The summed E-state index contributed by atoms with van der Waals surface area (Å²) in [4.78, 5) is 0. The average Bonchev–Trinajstić information content (AvgIpc) is 0.722. The van der Waals surface area contributed by atoms with Gasteiger partial charge in [-0.05, 0) is 0 Å². The van der Waals surface area contributed by atoms with Crippen LogP contribution in [0.2, 0.25) is 0 Å². The van der Waals surface area contributed by atoms with E-state index in [1.54, 1.807) is 0 Å². The molecule has 0 bridgehead atoms. The van der Waals surface area contributed by atoms with Crippen molar-refractivity contribution in [2.75, 3.05) is 0 Å². The molecule has 0 saturated carbocycles. The maximum Gasteiger partial charge on any atom is 2.00 e. The Morgan fingerprint density at radius 3 is 1.00 bits per heavy atom. The van der Waals surface area contributed by atoms with E-state index in [0.29, 0.717) is 0 Å². The fourth-order valence-electron chi connectivity index (χ4n) is 0. The van der Waals surface area contributed by atoms with Gasteiger partial charge < -0.3 is 26.3 Å². The van der Waals surface area contributed by atoms with Crippen molar-refractivity contribution in [3.05, 3.63) is 0 Å². The molecule has 0 aliphatic heterocycles. The Balaban J connectivity index is -0.0000000133. The summed E-state index contributed by atoms with van der Waals surface area (Å²) in [5.74, 6) is 0. The van der Waals surface area contributed by atoms with Gasteiger partial charge >= 0.3 is 56.1 Å². The van der Waals surface area contributed by atoms with Crippen LogP contribution in [-0.2, 0) is 0 Å². The SMILES string of the molecule is F[B-](F)(F)F.[Ba+2].[H-].[H-].[NH4+]. The maximum absolute atomic E-state index is 9.75. The van der Waals surface area contributed by atoms with E-state index < -0.39 is 7.25 Å². The van der Waals surface area contributed by atoms with Gasteiger partial charge in [0.1, 0.15) is 0 Å². The minimum Gasteiger partial charge on any atom is -1.00 e. The van der Waals surface area contributed by atoms with Crippen LogP contribution in [0, 0.1) is 0 Å². The summed E-state index contributed by atoms with van der Waals surface area (Å²) in [5, 5.41) is 0. The van der Waals surface area contributed by atoms with E-state index in [0.717, 1.165) is 0 Å². The molecule has 1 nitrogen and oxygen atoms in total. The van der Waals surface area contributed by atoms with E-state index in [1.165, 1.54) is 0 Å². The second kappa shape index (κ2) is 5.45. The monoisotopic (exact) mass is 245 g/mol. The van der Waals surface area contributed by atoms with Gasteiger partial charge in [0.05, 0.1) is 0 Å². The van der Waals surface area contributed by atoms with Crippen molar-refractivity contribution in [3.63, 3.8) is 0 Å². The van der Waals surface area contributed by atoms with Crippen molar-refractivity contribution in [2.24, 2.45) is 0 Å². The Bertz CT molecular complexity index is 34.0. The Hall–Kier alpha value is 1.32. The molecule has 0 fully saturated rings. The maximum atomic E-state index is 9.75. The van der Waals surface area contributed by atoms with Crippen LogP contribution >= 0.6 is 0 Å². The molecule has 4 N–H and O–H groups in total. The summed E-state index contributed by atoms with van der Waals surface area (Å²) in [6, 6.07) is 0. The first-order valence-corrected chi connectivity index (χ1v) is 0.873. The number of hydrogen-bond donors (Lipinski definition) is 1. The van der Waals surface area contributed by atoms with Gasteiger partial charge in [-0.3, -0.25) is 0 Å². The number of quaternary nitrogens is 1. The molecule has 7 heteroatoms. The van der Waals surface area contributed by atoms with Crippen LogP contribution in [0.15, 0.2) is 0 Å². The van der Waals surface area contributed by atoms with E-state index in [-0.39, 0.29) is 57.9 Å². The first-order chi connectivity index (χ1) is 2.00. The van der Waals surface area contributed by atoms with Crippen molar-refractivity contribution in [3.8, 4) is 0 Å². The zero-order chi connectivity index (χ0) is 4.50. The molecule has 0 spiro atoms. The van der Waals surface area contributed by atoms with Crippen LogP contribution in [0.1, 0.15) is 2.85 Å². The van der Waals surface area contributed by atoms with E-state index in [4.69, 9.17) is 0 Å². The van der Waals surface area contributed by atoms with Crippen LogP contribution in [0.5, 0.6) is 0 Å². The second-order valence-corrected chi connectivity index (χ2v) is 0.495. The number of hydrogen-bond acceptors (Lipinski definition) is 0. The Morgan fingerprint density at radius 2 is 1.00 bits per heavy atom. The molecule has 0 saturated heterocycles. The van der Waals surface area contributed by atoms with Crippen LogP contribution in [0.25, 0.3) is 0 Å². The molecule has 0 heterocycles. The molecule has 0 radical (unpaired) electrons. The molecule has 0 amide bonds. The van der Waals surface area contributed by atoms with Gasteiger partial charge in [-0.25, -0.2) is 0 Å². The van der Waals surface area contributed by atoms with Gasteiger partial charge in [0.2, 0.25) is 0 Å². The van der Waals surface area contributed by atoms with Gasteiger partial charge in [-0.15, -0.1) is 0 Å². The fourth-order valence-corrected chi connectivity index (χ4v) is 0. The van der Waals surface area contributed by atoms with Crippen LogP contribution < -0.4 is 6.15 Å². The molecule has 0 aromatic heterocycles. The van der Waals surface area contributed by atoms with Gasteiger partial charge in [-0.2, -0.15) is 0 Å². The molecule has 0 aromatic rings. The minimum atomic E-state index is -6.00. The van der Waals surface area contributed by atoms with Crippen LogP contribution in [0.4, 0.5) is 17.3 Å². The standard InChI is InChI=1S/BF4.Ba.H3N.2H/c2-1(3,4)5;;;;/h;;1H3;;/q-1;+2;;2*-1/p+1. The zero-order valence-corrected chi connectivity index (χ0v) is 8.24. The van der Waals surface area contributed by atoms with Crippen LogP contribution in [0.3, 0.4) is 0 Å². The Morgan fingerprint density at radius 1 is 1.00 bits per heavy atom. The quantitative estimate of drug-likeness (QED) is 0.495. The Kier molecular flexibility index (Phi) is 12.3. The fraction of sp³-hybridized carbons (Fsp3) is 0. The number of rotatable bonds is 0. The average molecular weight is 244 g/mol. The third-order valence-corrected chi connectivity index (χ3v) is 0. The van der Waals surface area contributed by atoms with Gasteiger partial charge in [0.25, 0.3) is 0 Å². The largest absolute Gasteiger partial charge is 2.00 e. The minimum absolute atomic E-state index is 0. The van der Waals surface area contributed by atoms with Gasteiger partial charge in [0.15, 0.2) is 0 Å². The van der Waals surface area contributed by atoms with Crippen LogP contribution in [-0.4, -0.2) is 56.1 Å². The van der Waals surface area contributed by atoms with Crippen molar-refractivity contribution >= 4 is 56.1 Å². The third kappa shape index (κ3) is 119. The zero-order valence-electron chi connectivity index (χ0n) is 5.80. The first kappa shape index (κ1) is 15.8. The third-order valence-electron chi connectivity index (χ3n) is 0. The summed E-state index contributed by atoms with van der Waals surface area (Å²) in [6.07, 6.45) is 0. The van der Waals surface area contributed by atoms with E-state index in [2.05, 4.69) is 0 Å². The summed E-state index contributed by atoms with van der Waals surface area (Å²) in [7, 11) is -6.00. The molecule has 0 atom stereocenters. The molecule has 0 rings (SSSR count). The molecular weight excluding hydrogens is 238 g/mol. The second-order valence-electron chi connectivity index (χ2n) is 0.495. The first-order valence-electron chi connectivity index (χ1n) is 0.873. The summed E-state index contributed by atoms with van der Waals surface area (Å²) >= 11 is 0. The summed E-state index contributed by atoms with van der Waals surface area (Å²) < 4.78 is 39.0. The van der Waals surface area contributed by atoms with E-state index in [9.17, 15) is 17.3 Å². The van der Waals surface area contributed by atoms with Crippen molar-refractivity contribution < 1.29 is 20.1 Å². The molecule has 7 heavy (non-hydrogen) atoms. The molecule has 44 valence electrons. The van der Waals surface area contributed by atoms with Crippen molar-refractivity contribution in [1.29, 1.82) is 0 Å². The van der Waals surface area contributed by atoms with Gasteiger partial charge in [-0.1, -0.05) is 0 Å². The molecular formula is H6BBaF4N. The van der Waals surface area contributed by atoms with Crippen molar-refractivity contribution in [2.45, 2.75) is 0 Å². The topological polar surface area (TPSA) is 36.5 Å². The molecule has 0 aliphatic rings. The molecule has 0 aromatic carbocycles. The van der Waals surface area contributed by atoms with Gasteiger partial charge in [0, 0.05) is 0 Å². The Labute approximate surface area is 81.6 Å². The predicted molar refractivity (Wildman–Crippen MR) is 24.1 cm³/mol. The molecule has 0 aliphatic carbocycles. The molecule has 0 unspecified atom stereocenters. The predicted octanol–water partition coefficient (Wildman–Crippen LogP) is 1.52. The summed E-state index contributed by atoms with van der Waals surface area (Å²) in [5.41, 5.74) is 0. The van der Waals surface area contributed by atoms with Crippen molar-refractivity contribution in [1.82, 2.24) is 6.15 Å². The smallest absolute Gasteiger partial charge is 1.00 e. The normalized spacial score (nSPS) is 8.57. The van der Waals surface area contributed by atoms with E-state index >= 15 is 0 Å². The summed E-state index contributed by atoms with van der Waals surface area (Å²) in [6.45, 7) is 0.